The lowest BCUT2D eigenvalue weighted by Crippen LogP contribution is -2.47. The summed E-state index contributed by atoms with van der Waals surface area (Å²) in [5, 5.41) is 9.81. The average molecular weight is 390 g/mol. The molecular formula is C20H31N5O3. The number of likely N-dealkylation sites (tertiary alicyclic amines) is 1. The minimum absolute atomic E-state index is 0.0783. The Morgan fingerprint density at radius 1 is 1.21 bits per heavy atom. The molecule has 1 saturated carbocycles. The van der Waals surface area contributed by atoms with Gasteiger partial charge in [0.1, 0.15) is 0 Å². The molecule has 2 amide bonds. The highest BCUT2D eigenvalue weighted by Gasteiger charge is 2.38. The summed E-state index contributed by atoms with van der Waals surface area (Å²) in [6, 6.07) is 0.591. The molecule has 1 aromatic heterocycles. The summed E-state index contributed by atoms with van der Waals surface area (Å²) in [5.41, 5.74) is 1.39. The summed E-state index contributed by atoms with van der Waals surface area (Å²) < 4.78 is 5.36. The normalized spacial score (nSPS) is 25.8. The van der Waals surface area contributed by atoms with Crippen molar-refractivity contribution in [3.05, 3.63) is 17.5 Å². The van der Waals surface area contributed by atoms with E-state index in [2.05, 4.69) is 20.4 Å². The van der Waals surface area contributed by atoms with Gasteiger partial charge in [-0.15, -0.1) is 0 Å². The molecule has 28 heavy (non-hydrogen) atoms. The largest absolute Gasteiger partial charge is 0.378 e. The highest BCUT2D eigenvalue weighted by Crippen LogP contribution is 2.35. The zero-order valence-electron chi connectivity index (χ0n) is 16.7. The van der Waals surface area contributed by atoms with E-state index < -0.39 is 0 Å². The van der Waals surface area contributed by atoms with Crippen molar-refractivity contribution in [1.82, 2.24) is 25.3 Å². The number of aryl methyl sites for hydroxylation is 1. The summed E-state index contributed by atoms with van der Waals surface area (Å²) in [7, 11) is 0. The summed E-state index contributed by atoms with van der Waals surface area (Å²) in [4.78, 5) is 29.6. The Morgan fingerprint density at radius 2 is 1.96 bits per heavy atom. The number of carbonyl (C=O) groups is 2. The first-order chi connectivity index (χ1) is 13.6. The van der Waals surface area contributed by atoms with Gasteiger partial charge in [-0.2, -0.15) is 5.10 Å². The van der Waals surface area contributed by atoms with Crippen LogP contribution >= 0.6 is 0 Å². The topological polar surface area (TPSA) is 90.6 Å². The minimum atomic E-state index is -0.0783. The molecule has 2 saturated heterocycles. The van der Waals surface area contributed by atoms with Crippen molar-refractivity contribution in [2.24, 2.45) is 5.92 Å². The fourth-order valence-electron chi connectivity index (χ4n) is 4.38. The van der Waals surface area contributed by atoms with Gasteiger partial charge in [0.05, 0.1) is 25.0 Å². The van der Waals surface area contributed by atoms with Gasteiger partial charge in [-0.3, -0.25) is 19.6 Å². The molecule has 0 unspecified atom stereocenters. The molecule has 1 aliphatic carbocycles. The quantitative estimate of drug-likeness (QED) is 0.724. The fraction of sp³-hybridized carbons (Fsp3) is 0.750. The Labute approximate surface area is 166 Å². The van der Waals surface area contributed by atoms with Crippen LogP contribution in [0.3, 0.4) is 0 Å². The van der Waals surface area contributed by atoms with Crippen LogP contribution in [0.25, 0.3) is 0 Å². The van der Waals surface area contributed by atoms with Crippen LogP contribution in [0.15, 0.2) is 6.20 Å². The van der Waals surface area contributed by atoms with Gasteiger partial charge in [-0.25, -0.2) is 0 Å². The van der Waals surface area contributed by atoms with Gasteiger partial charge >= 0.3 is 0 Å². The van der Waals surface area contributed by atoms with Gasteiger partial charge in [0.25, 0.3) is 5.91 Å². The second kappa shape index (κ2) is 8.61. The number of hydrogen-bond donors (Lipinski definition) is 2. The highest BCUT2D eigenvalue weighted by molar-refractivity contribution is 5.94. The molecule has 0 bridgehead atoms. The van der Waals surface area contributed by atoms with Crippen molar-refractivity contribution in [2.45, 2.75) is 51.1 Å². The van der Waals surface area contributed by atoms with Gasteiger partial charge in [-0.05, 0) is 38.5 Å². The average Bonchev–Trinajstić information content (AvgIpc) is 3.31. The molecule has 3 fully saturated rings. The molecule has 4 rings (SSSR count). The lowest BCUT2D eigenvalue weighted by molar-refractivity contribution is -0.136. The van der Waals surface area contributed by atoms with Crippen LogP contribution in [0.5, 0.6) is 0 Å². The smallest absolute Gasteiger partial charge is 0.254 e. The highest BCUT2D eigenvalue weighted by atomic mass is 16.5. The van der Waals surface area contributed by atoms with Crippen LogP contribution in [0, 0.1) is 12.8 Å². The van der Waals surface area contributed by atoms with E-state index in [1.807, 2.05) is 11.8 Å². The molecule has 8 heteroatoms. The Kier molecular flexibility index (Phi) is 5.96. The number of nitrogens with zero attached hydrogens (tertiary/aromatic N) is 3. The van der Waals surface area contributed by atoms with E-state index in [1.165, 1.54) is 12.8 Å². The van der Waals surface area contributed by atoms with Gasteiger partial charge in [0.2, 0.25) is 5.91 Å². The molecule has 0 aromatic carbocycles. The van der Waals surface area contributed by atoms with Crippen LogP contribution < -0.4 is 5.32 Å². The third-order valence-corrected chi connectivity index (χ3v) is 6.28. The number of rotatable bonds is 7. The Hall–Kier alpha value is -1.93. The number of aromatic nitrogens is 2. The fourth-order valence-corrected chi connectivity index (χ4v) is 4.38. The molecule has 0 spiro atoms. The summed E-state index contributed by atoms with van der Waals surface area (Å²) in [6.07, 6.45) is 6.78. The molecule has 2 aliphatic heterocycles. The van der Waals surface area contributed by atoms with Crippen LogP contribution in [-0.2, 0) is 9.53 Å². The number of nitrogens with one attached hydrogen (secondary N) is 2. The lowest BCUT2D eigenvalue weighted by atomic mass is 10.1. The Balaban J connectivity index is 1.34. The molecule has 2 atom stereocenters. The van der Waals surface area contributed by atoms with Crippen LogP contribution in [0.1, 0.15) is 48.2 Å². The number of aromatic amines is 1. The van der Waals surface area contributed by atoms with Crippen LogP contribution in [0.4, 0.5) is 0 Å². The molecule has 154 valence electrons. The third-order valence-electron chi connectivity index (χ3n) is 6.28. The van der Waals surface area contributed by atoms with Crippen LogP contribution in [-0.4, -0.2) is 83.3 Å². The Morgan fingerprint density at radius 3 is 2.64 bits per heavy atom. The zero-order chi connectivity index (χ0) is 19.5. The van der Waals surface area contributed by atoms with Crippen molar-refractivity contribution in [2.75, 3.05) is 39.4 Å². The van der Waals surface area contributed by atoms with Gasteiger partial charge in [-0.1, -0.05) is 0 Å². The number of ether oxygens (including phenoxy) is 1. The van der Waals surface area contributed by atoms with E-state index >= 15 is 0 Å². The number of amides is 2. The monoisotopic (exact) mass is 389 g/mol. The predicted octanol–water partition coefficient (Wildman–Crippen LogP) is 0.940. The SMILES string of the molecule is Cc1[nH]ncc1C(=O)NC[C@@H]1CC[C@H](CC(=O)N2CCOCC2)N1CC1CC1. The van der Waals surface area contributed by atoms with Crippen molar-refractivity contribution in [3.8, 4) is 0 Å². The van der Waals surface area contributed by atoms with Crippen LogP contribution in [0.2, 0.25) is 0 Å². The first-order valence-corrected chi connectivity index (χ1v) is 10.5. The van der Waals surface area contributed by atoms with Gasteiger partial charge in [0.15, 0.2) is 0 Å². The number of H-pyrrole nitrogens is 1. The van der Waals surface area contributed by atoms with Crippen molar-refractivity contribution in [3.63, 3.8) is 0 Å². The van der Waals surface area contributed by atoms with Gasteiger partial charge < -0.3 is 15.0 Å². The third kappa shape index (κ3) is 4.55. The molecule has 8 nitrogen and oxygen atoms in total. The maximum Gasteiger partial charge on any atom is 0.254 e. The second-order valence-corrected chi connectivity index (χ2v) is 8.34. The van der Waals surface area contributed by atoms with E-state index in [1.54, 1.807) is 6.20 Å². The Bertz CT molecular complexity index is 696. The first kappa shape index (κ1) is 19.4. The predicted molar refractivity (Wildman–Crippen MR) is 104 cm³/mol. The maximum absolute atomic E-state index is 12.7. The molecular weight excluding hydrogens is 358 g/mol. The molecule has 3 aliphatic rings. The number of hydrogen-bond acceptors (Lipinski definition) is 5. The number of carbonyl (C=O) groups excluding carboxylic acids is 2. The molecule has 0 radical (unpaired) electrons. The summed E-state index contributed by atoms with van der Waals surface area (Å²) in [6.45, 7) is 6.22. The standard InChI is InChI=1S/C20H31N5O3/c1-14-18(12-22-23-14)20(27)21-11-17-5-4-16(25(17)13-15-2-3-15)10-19(26)24-6-8-28-9-7-24/h12,15-17H,2-11,13H2,1H3,(H,21,27)(H,22,23)/t16-,17+/m1/s1. The van der Waals surface area contributed by atoms with E-state index in [4.69, 9.17) is 4.74 Å². The van der Waals surface area contributed by atoms with Crippen molar-refractivity contribution in [1.29, 1.82) is 0 Å². The zero-order valence-corrected chi connectivity index (χ0v) is 16.7. The molecule has 1 aromatic rings. The van der Waals surface area contributed by atoms with E-state index in [0.717, 1.165) is 31.0 Å². The molecule has 3 heterocycles. The van der Waals surface area contributed by atoms with E-state index in [9.17, 15) is 9.59 Å². The van der Waals surface area contributed by atoms with Gasteiger partial charge in [0, 0.05) is 50.4 Å². The first-order valence-electron chi connectivity index (χ1n) is 10.5. The second-order valence-electron chi connectivity index (χ2n) is 8.34. The number of morpholine rings is 1. The van der Waals surface area contributed by atoms with E-state index in [0.29, 0.717) is 50.9 Å². The molecule has 2 N–H and O–H groups in total. The summed E-state index contributed by atoms with van der Waals surface area (Å²) >= 11 is 0. The van der Waals surface area contributed by atoms with Crippen molar-refractivity contribution < 1.29 is 14.3 Å². The maximum atomic E-state index is 12.7. The lowest BCUT2D eigenvalue weighted by Gasteiger charge is -2.33. The van der Waals surface area contributed by atoms with E-state index in [-0.39, 0.29) is 17.9 Å². The minimum Gasteiger partial charge on any atom is -0.378 e. The van der Waals surface area contributed by atoms with Crippen molar-refractivity contribution >= 4 is 11.8 Å². The summed E-state index contributed by atoms with van der Waals surface area (Å²) in [5.74, 6) is 0.923.